The minimum absolute atomic E-state index is 0.0830. The molecule has 4 rings (SSSR count). The highest BCUT2D eigenvalue weighted by atomic mass is 32.1. The lowest BCUT2D eigenvalue weighted by Crippen LogP contribution is -1.99. The van der Waals surface area contributed by atoms with Gasteiger partial charge in [-0.2, -0.15) is 18.7 Å². The highest BCUT2D eigenvalue weighted by Gasteiger charge is 2.09. The van der Waals surface area contributed by atoms with Gasteiger partial charge in [0, 0.05) is 32.5 Å². The molecule has 3 aromatic carbocycles. The van der Waals surface area contributed by atoms with Gasteiger partial charge in [-0.15, -0.1) is 58.3 Å². The average molecular weight is 543 g/mol. The normalized spacial score (nSPS) is 11.5. The molecule has 9 nitrogen and oxygen atoms in total. The van der Waals surface area contributed by atoms with E-state index in [1.54, 1.807) is 36.4 Å². The summed E-state index contributed by atoms with van der Waals surface area (Å²) in [5, 5.41) is 29.5. The molecule has 1 aromatic heterocycles. The van der Waals surface area contributed by atoms with Gasteiger partial charge in [-0.25, -0.2) is 0 Å². The molecule has 0 aliphatic carbocycles. The molecule has 0 bridgehead atoms. The molecule has 0 radical (unpaired) electrons. The lowest BCUT2D eigenvalue weighted by atomic mass is 10.2. The molecule has 0 aliphatic rings. The molecule has 0 amide bonds. The van der Waals surface area contributed by atoms with Crippen molar-refractivity contribution in [2.45, 2.75) is 14.7 Å². The third-order valence-corrected chi connectivity index (χ3v) is 5.56. The van der Waals surface area contributed by atoms with E-state index in [2.05, 4.69) is 73.6 Å². The number of aromatic nitrogens is 2. The number of hydrogen-bond donors (Lipinski definition) is 6. The van der Waals surface area contributed by atoms with Crippen LogP contribution in [0.4, 0.5) is 48.7 Å². The maximum absolute atomic E-state index is 13.3. The molecule has 1 heterocycles. The summed E-state index contributed by atoms with van der Waals surface area (Å²) in [4.78, 5) is 8.15. The molecule has 4 aromatic rings. The van der Waals surface area contributed by atoms with Gasteiger partial charge in [0.1, 0.15) is 34.3 Å². The molecule has 0 spiro atoms. The van der Waals surface area contributed by atoms with Crippen LogP contribution in [0.5, 0.6) is 5.75 Å². The van der Waals surface area contributed by atoms with Crippen LogP contribution < -0.4 is 11.1 Å². The number of nitrogens with one attached hydrogen (secondary N) is 1. The molecule has 14 heteroatoms. The number of nitrogens with two attached hydrogens (primary N) is 1. The van der Waals surface area contributed by atoms with Gasteiger partial charge in [-0.3, -0.25) is 0 Å². The van der Waals surface area contributed by atoms with Crippen LogP contribution in [0.15, 0.2) is 89.7 Å². The zero-order valence-electron chi connectivity index (χ0n) is 18.0. The van der Waals surface area contributed by atoms with E-state index in [1.807, 2.05) is 0 Å². The fraction of sp³-hybridized carbons (Fsp3) is 0. The molecule has 0 unspecified atom stereocenters. The van der Waals surface area contributed by atoms with E-state index in [0.717, 1.165) is 6.07 Å². The smallest absolute Gasteiger partial charge is 0.313 e. The van der Waals surface area contributed by atoms with Gasteiger partial charge in [0.15, 0.2) is 0 Å². The molecule has 4 N–H and O–H groups in total. The van der Waals surface area contributed by atoms with Gasteiger partial charge in [0.2, 0.25) is 5.95 Å². The molecule has 0 fully saturated rings. The third kappa shape index (κ3) is 6.27. The zero-order valence-corrected chi connectivity index (χ0v) is 20.7. The van der Waals surface area contributed by atoms with Gasteiger partial charge in [-0.05, 0) is 42.5 Å². The number of nitrogen functional groups attached to an aromatic ring is 1. The number of rotatable bonds is 6. The predicted molar refractivity (Wildman–Crippen MR) is 141 cm³/mol. The van der Waals surface area contributed by atoms with E-state index in [-0.39, 0.29) is 28.6 Å². The molecular weight excluding hydrogens is 526 g/mol. The second-order valence-electron chi connectivity index (χ2n) is 7.15. The van der Waals surface area contributed by atoms with E-state index >= 15 is 0 Å². The first kappa shape index (κ1) is 25.3. The van der Waals surface area contributed by atoms with Crippen LogP contribution in [-0.4, -0.2) is 15.1 Å². The second-order valence-corrected chi connectivity index (χ2v) is 8.63. The number of phenolic OH excluding ortho intramolecular Hbond substituents is 1. The first-order valence-electron chi connectivity index (χ1n) is 9.96. The Hall–Kier alpha value is -3.75. The van der Waals surface area contributed by atoms with Gasteiger partial charge in [-0.1, -0.05) is 0 Å². The summed E-state index contributed by atoms with van der Waals surface area (Å²) < 4.78 is 26.6. The van der Waals surface area contributed by atoms with Crippen molar-refractivity contribution in [1.29, 1.82) is 0 Å². The Morgan fingerprint density at radius 3 is 2.11 bits per heavy atom. The Kier molecular flexibility index (Phi) is 7.67. The number of hydrogen-bond acceptors (Lipinski definition) is 12. The van der Waals surface area contributed by atoms with Gasteiger partial charge >= 0.3 is 6.08 Å². The number of azo groups is 2. The minimum Gasteiger partial charge on any atom is -0.506 e. The van der Waals surface area contributed by atoms with E-state index < -0.39 is 12.0 Å². The van der Waals surface area contributed by atoms with Crippen LogP contribution in [-0.2, 0) is 0 Å². The second kappa shape index (κ2) is 10.9. The van der Waals surface area contributed by atoms with Crippen molar-refractivity contribution in [3.8, 4) is 5.75 Å². The van der Waals surface area contributed by atoms with E-state index in [4.69, 9.17) is 5.73 Å². The Labute approximate surface area is 219 Å². The molecule has 0 saturated carbocycles. The van der Waals surface area contributed by atoms with Crippen LogP contribution in [0.25, 0.3) is 0 Å². The SMILES string of the molecule is Nc1cc(O)c(N=Nc2cc(S)ccc2S)cc1N=Nc1cc(Nc2cc(F)nc(F)n2)ccc1S. The maximum atomic E-state index is 13.3. The van der Waals surface area contributed by atoms with Crippen LogP contribution in [0.2, 0.25) is 0 Å². The first-order valence-corrected chi connectivity index (χ1v) is 11.3. The summed E-state index contributed by atoms with van der Waals surface area (Å²) in [7, 11) is 0. The van der Waals surface area contributed by atoms with Crippen molar-refractivity contribution in [3.05, 3.63) is 66.6 Å². The number of phenols is 1. The van der Waals surface area contributed by atoms with Gasteiger partial charge < -0.3 is 16.2 Å². The fourth-order valence-corrected chi connectivity index (χ4v) is 3.40. The lowest BCUT2D eigenvalue weighted by molar-refractivity contribution is 0.476. The number of thiol groups is 3. The van der Waals surface area contributed by atoms with Crippen molar-refractivity contribution in [1.82, 2.24) is 9.97 Å². The van der Waals surface area contributed by atoms with Crippen molar-refractivity contribution < 1.29 is 13.9 Å². The molecule has 182 valence electrons. The summed E-state index contributed by atoms with van der Waals surface area (Å²) >= 11 is 13.0. The third-order valence-electron chi connectivity index (χ3n) is 4.53. The first-order chi connectivity index (χ1) is 17.2. The highest BCUT2D eigenvalue weighted by molar-refractivity contribution is 7.81. The average Bonchev–Trinajstić information content (AvgIpc) is 2.81. The monoisotopic (exact) mass is 542 g/mol. The summed E-state index contributed by atoms with van der Waals surface area (Å²) in [6.07, 6.45) is -1.21. The Balaban J connectivity index is 1.60. The highest BCUT2D eigenvalue weighted by Crippen LogP contribution is 2.39. The van der Waals surface area contributed by atoms with Gasteiger partial charge in [0.25, 0.3) is 0 Å². The van der Waals surface area contributed by atoms with Crippen molar-refractivity contribution in [2.75, 3.05) is 11.1 Å². The minimum atomic E-state index is -1.21. The summed E-state index contributed by atoms with van der Waals surface area (Å²) in [5.41, 5.74) is 7.63. The van der Waals surface area contributed by atoms with Crippen molar-refractivity contribution >= 4 is 77.8 Å². The molecule has 0 atom stereocenters. The molecular formula is C22H16F2N8OS3. The quantitative estimate of drug-likeness (QED) is 0.0494. The number of anilines is 3. The zero-order chi connectivity index (χ0) is 25.8. The van der Waals surface area contributed by atoms with Crippen LogP contribution >= 0.6 is 37.9 Å². The largest absolute Gasteiger partial charge is 0.506 e. The standard InChI is InChI=1S/C22H16F2N8OS3/c23-20-9-21(28-22(24)27-20)26-10-1-3-18(35)15(5-10)31-29-13-8-14(17(33)7-12(13)25)30-32-16-6-11(34)2-4-19(16)36/h1-9,33-36H,25H2,(H,26,27,28). The fourth-order valence-electron chi connectivity index (χ4n) is 2.84. The van der Waals surface area contributed by atoms with E-state index in [9.17, 15) is 13.9 Å². The van der Waals surface area contributed by atoms with Crippen molar-refractivity contribution in [3.63, 3.8) is 0 Å². The summed E-state index contributed by atoms with van der Waals surface area (Å²) in [6.45, 7) is 0. The lowest BCUT2D eigenvalue weighted by Gasteiger charge is -2.08. The van der Waals surface area contributed by atoms with E-state index in [1.165, 1.54) is 12.1 Å². The Morgan fingerprint density at radius 1 is 0.750 bits per heavy atom. The molecule has 0 aliphatic heterocycles. The number of aromatic hydroxyl groups is 1. The predicted octanol–water partition coefficient (Wildman–Crippen LogP) is 7.48. The summed E-state index contributed by atoms with van der Waals surface area (Å²) in [5.74, 6) is -1.31. The Bertz CT molecular complexity index is 1500. The van der Waals surface area contributed by atoms with Crippen LogP contribution in [0.1, 0.15) is 0 Å². The number of benzene rings is 3. The van der Waals surface area contributed by atoms with Crippen LogP contribution in [0.3, 0.4) is 0 Å². The van der Waals surface area contributed by atoms with E-state index in [0.29, 0.717) is 31.7 Å². The Morgan fingerprint density at radius 2 is 1.39 bits per heavy atom. The maximum Gasteiger partial charge on any atom is 0.313 e. The van der Waals surface area contributed by atoms with Gasteiger partial charge in [0.05, 0.1) is 5.69 Å². The summed E-state index contributed by atoms with van der Waals surface area (Å²) in [6, 6.07) is 13.5. The molecule has 36 heavy (non-hydrogen) atoms. The number of nitrogens with zero attached hydrogens (tertiary/aromatic N) is 6. The van der Waals surface area contributed by atoms with Crippen LogP contribution in [0, 0.1) is 12.0 Å². The topological polar surface area (TPSA) is 134 Å². The molecule has 0 saturated heterocycles. The number of halogens is 2. The van der Waals surface area contributed by atoms with Crippen molar-refractivity contribution in [2.24, 2.45) is 20.5 Å².